The molecule has 1 heterocycles. The molecule has 1 aromatic carbocycles. The minimum atomic E-state index is -0.148. The molecule has 3 rings (SSSR count). The molecule has 18 heavy (non-hydrogen) atoms. The highest BCUT2D eigenvalue weighted by Gasteiger charge is 2.66. The van der Waals surface area contributed by atoms with Crippen LogP contribution in [0.2, 0.25) is 0 Å². The van der Waals surface area contributed by atoms with Gasteiger partial charge in [0.1, 0.15) is 0 Å². The predicted octanol–water partition coefficient (Wildman–Crippen LogP) is 1.14. The molecule has 5 heteroatoms. The van der Waals surface area contributed by atoms with Crippen LogP contribution >= 0.6 is 15.9 Å². The van der Waals surface area contributed by atoms with Crippen LogP contribution < -0.4 is 5.73 Å². The van der Waals surface area contributed by atoms with Gasteiger partial charge in [0.2, 0.25) is 11.8 Å². The summed E-state index contributed by atoms with van der Waals surface area (Å²) >= 11 is 3.43. The lowest BCUT2D eigenvalue weighted by Gasteiger charge is -2.18. The van der Waals surface area contributed by atoms with E-state index in [2.05, 4.69) is 15.9 Å². The van der Waals surface area contributed by atoms with E-state index in [1.807, 2.05) is 24.3 Å². The molecule has 2 fully saturated rings. The fourth-order valence-electron chi connectivity index (χ4n) is 2.76. The second-order valence-electron chi connectivity index (χ2n) is 4.81. The highest BCUT2D eigenvalue weighted by atomic mass is 79.9. The highest BCUT2D eigenvalue weighted by molar-refractivity contribution is 9.10. The first-order valence-electron chi connectivity index (χ1n) is 5.94. The third-order valence-corrected chi connectivity index (χ3v) is 4.60. The molecule has 1 aliphatic heterocycles. The maximum atomic E-state index is 12.1. The monoisotopic (exact) mass is 308 g/mol. The van der Waals surface area contributed by atoms with Crippen LogP contribution in [0.4, 0.5) is 0 Å². The lowest BCUT2D eigenvalue weighted by molar-refractivity contribution is -0.142. The number of imide groups is 1. The Morgan fingerprint density at radius 2 is 1.78 bits per heavy atom. The average molecular weight is 309 g/mol. The van der Waals surface area contributed by atoms with Crippen LogP contribution in [0.3, 0.4) is 0 Å². The largest absolute Gasteiger partial charge is 0.330 e. The molecule has 0 radical (unpaired) electrons. The zero-order valence-corrected chi connectivity index (χ0v) is 11.3. The number of nitrogens with zero attached hydrogens (tertiary/aromatic N) is 1. The topological polar surface area (TPSA) is 63.4 Å². The quantitative estimate of drug-likeness (QED) is 0.852. The standard InChI is InChI=1S/C13H13BrN2O2/c14-9-4-2-1-3-7(9)6-16-12(17)10-8(5-15)11(10)13(16)18/h1-4,8,10-11H,5-6,15H2. The van der Waals surface area contributed by atoms with E-state index in [-0.39, 0.29) is 29.6 Å². The molecule has 1 saturated carbocycles. The molecule has 2 aliphatic rings. The molecule has 1 aliphatic carbocycles. The highest BCUT2D eigenvalue weighted by Crippen LogP contribution is 2.53. The fraction of sp³-hybridized carbons (Fsp3) is 0.385. The van der Waals surface area contributed by atoms with Crippen LogP contribution in [0, 0.1) is 17.8 Å². The summed E-state index contributed by atoms with van der Waals surface area (Å²) < 4.78 is 0.918. The van der Waals surface area contributed by atoms with Crippen molar-refractivity contribution in [1.82, 2.24) is 4.90 Å². The van der Waals surface area contributed by atoms with Crippen molar-refractivity contribution in [2.45, 2.75) is 6.54 Å². The minimum absolute atomic E-state index is 0.0591. The Morgan fingerprint density at radius 3 is 2.33 bits per heavy atom. The van der Waals surface area contributed by atoms with E-state index in [1.54, 1.807) is 0 Å². The van der Waals surface area contributed by atoms with Gasteiger partial charge < -0.3 is 5.73 Å². The first-order valence-corrected chi connectivity index (χ1v) is 6.73. The molecular weight excluding hydrogens is 296 g/mol. The summed E-state index contributed by atoms with van der Waals surface area (Å²) in [6.45, 7) is 0.777. The van der Waals surface area contributed by atoms with Crippen molar-refractivity contribution in [2.24, 2.45) is 23.5 Å². The van der Waals surface area contributed by atoms with Crippen molar-refractivity contribution in [2.75, 3.05) is 6.54 Å². The summed E-state index contributed by atoms with van der Waals surface area (Å²) in [6, 6.07) is 7.62. The molecule has 4 nitrogen and oxygen atoms in total. The number of fused-ring (bicyclic) bond motifs is 1. The van der Waals surface area contributed by atoms with Crippen molar-refractivity contribution in [1.29, 1.82) is 0 Å². The fourth-order valence-corrected chi connectivity index (χ4v) is 3.17. The number of likely N-dealkylation sites (tertiary alicyclic amines) is 1. The number of hydrogen-bond acceptors (Lipinski definition) is 3. The molecule has 0 bridgehead atoms. The van der Waals surface area contributed by atoms with Gasteiger partial charge in [0.25, 0.3) is 0 Å². The number of carbonyl (C=O) groups excluding carboxylic acids is 2. The van der Waals surface area contributed by atoms with E-state index < -0.39 is 0 Å². The molecule has 0 aromatic heterocycles. The van der Waals surface area contributed by atoms with Crippen LogP contribution in [0.25, 0.3) is 0 Å². The number of piperidine rings is 1. The van der Waals surface area contributed by atoms with Crippen LogP contribution in [-0.4, -0.2) is 23.3 Å². The van der Waals surface area contributed by atoms with Crippen LogP contribution in [0.5, 0.6) is 0 Å². The number of benzene rings is 1. The smallest absolute Gasteiger partial charge is 0.233 e. The zero-order chi connectivity index (χ0) is 12.9. The van der Waals surface area contributed by atoms with Gasteiger partial charge in [0.15, 0.2) is 0 Å². The number of hydrogen-bond donors (Lipinski definition) is 1. The van der Waals surface area contributed by atoms with E-state index in [4.69, 9.17) is 5.73 Å². The number of amides is 2. The van der Waals surface area contributed by atoms with Gasteiger partial charge in [0, 0.05) is 4.47 Å². The molecule has 0 spiro atoms. The summed E-state index contributed by atoms with van der Waals surface area (Å²) in [7, 11) is 0. The number of rotatable bonds is 3. The number of carbonyl (C=O) groups is 2. The molecule has 1 aromatic rings. The van der Waals surface area contributed by atoms with Gasteiger partial charge in [-0.05, 0) is 24.1 Å². The van der Waals surface area contributed by atoms with Gasteiger partial charge in [0.05, 0.1) is 18.4 Å². The summed E-state index contributed by atoms with van der Waals surface area (Å²) in [6.07, 6.45) is 0. The van der Waals surface area contributed by atoms with E-state index >= 15 is 0 Å². The lowest BCUT2D eigenvalue weighted by atomic mass is 10.2. The van der Waals surface area contributed by atoms with E-state index in [9.17, 15) is 9.59 Å². The normalized spacial score (nSPS) is 29.7. The van der Waals surface area contributed by atoms with E-state index in [1.165, 1.54) is 4.90 Å². The summed E-state index contributed by atoms with van der Waals surface area (Å²) in [5, 5.41) is 0. The number of halogens is 1. The van der Waals surface area contributed by atoms with Crippen molar-refractivity contribution in [3.8, 4) is 0 Å². The molecule has 2 atom stereocenters. The maximum Gasteiger partial charge on any atom is 0.233 e. The maximum absolute atomic E-state index is 12.1. The second-order valence-corrected chi connectivity index (χ2v) is 5.66. The lowest BCUT2D eigenvalue weighted by Crippen LogP contribution is -2.35. The molecule has 2 unspecified atom stereocenters. The molecule has 1 saturated heterocycles. The summed E-state index contributed by atoms with van der Waals surface area (Å²) in [5.41, 5.74) is 6.49. The van der Waals surface area contributed by atoms with Crippen molar-refractivity contribution < 1.29 is 9.59 Å². The Bertz CT molecular complexity index is 509. The Balaban J connectivity index is 1.79. The van der Waals surface area contributed by atoms with E-state index in [0.29, 0.717) is 13.1 Å². The Morgan fingerprint density at radius 1 is 1.17 bits per heavy atom. The Labute approximate surface area is 113 Å². The third-order valence-electron chi connectivity index (χ3n) is 3.83. The molecular formula is C13H13BrN2O2. The van der Waals surface area contributed by atoms with Gasteiger partial charge >= 0.3 is 0 Å². The third kappa shape index (κ3) is 1.61. The first-order chi connectivity index (χ1) is 8.65. The molecule has 94 valence electrons. The number of nitrogens with two attached hydrogens (primary N) is 1. The Hall–Kier alpha value is -1.20. The van der Waals surface area contributed by atoms with Gasteiger partial charge in [-0.3, -0.25) is 14.5 Å². The van der Waals surface area contributed by atoms with Gasteiger partial charge in [-0.25, -0.2) is 0 Å². The van der Waals surface area contributed by atoms with Gasteiger partial charge in [-0.1, -0.05) is 34.1 Å². The van der Waals surface area contributed by atoms with Crippen molar-refractivity contribution in [3.63, 3.8) is 0 Å². The first kappa shape index (κ1) is 11.9. The SMILES string of the molecule is NCC1C2C(=O)N(Cc3ccccc3Br)C(=O)C12. The minimum Gasteiger partial charge on any atom is -0.330 e. The average Bonchev–Trinajstić information content (AvgIpc) is 3.04. The molecule has 2 amide bonds. The summed E-state index contributed by atoms with van der Waals surface area (Å²) in [4.78, 5) is 25.5. The van der Waals surface area contributed by atoms with E-state index in [0.717, 1.165) is 10.0 Å². The predicted molar refractivity (Wildman–Crippen MR) is 69.2 cm³/mol. The van der Waals surface area contributed by atoms with Gasteiger partial charge in [-0.15, -0.1) is 0 Å². The zero-order valence-electron chi connectivity index (χ0n) is 9.67. The van der Waals surface area contributed by atoms with Crippen LogP contribution in [0.1, 0.15) is 5.56 Å². The van der Waals surface area contributed by atoms with Crippen LogP contribution in [-0.2, 0) is 16.1 Å². The van der Waals surface area contributed by atoms with Crippen LogP contribution in [0.15, 0.2) is 28.7 Å². The van der Waals surface area contributed by atoms with Gasteiger partial charge in [-0.2, -0.15) is 0 Å². The molecule has 2 N–H and O–H groups in total. The Kier molecular flexibility index (Phi) is 2.75. The summed E-state index contributed by atoms with van der Waals surface area (Å²) in [5.74, 6) is -0.331. The van der Waals surface area contributed by atoms with Crippen molar-refractivity contribution in [3.05, 3.63) is 34.3 Å². The van der Waals surface area contributed by atoms with Crippen molar-refractivity contribution >= 4 is 27.7 Å². The second kappa shape index (κ2) is 4.17.